The van der Waals surface area contributed by atoms with Crippen molar-refractivity contribution in [1.82, 2.24) is 4.90 Å². The number of allylic oxidation sites excluding steroid dienone is 5. The average molecular weight is 226 g/mol. The fourth-order valence-corrected chi connectivity index (χ4v) is 2.28. The van der Waals surface area contributed by atoms with E-state index >= 15 is 0 Å². The van der Waals surface area contributed by atoms with Gasteiger partial charge in [-0.15, -0.1) is 0 Å². The Kier molecular flexibility index (Phi) is 2.80. The summed E-state index contributed by atoms with van der Waals surface area (Å²) in [5.74, 6) is 0. The summed E-state index contributed by atoms with van der Waals surface area (Å²) >= 11 is 0. The highest BCUT2D eigenvalue weighted by atomic mass is 15.2. The van der Waals surface area contributed by atoms with Crippen LogP contribution in [0.5, 0.6) is 0 Å². The van der Waals surface area contributed by atoms with Gasteiger partial charge in [-0.3, -0.25) is 0 Å². The molecule has 0 radical (unpaired) electrons. The van der Waals surface area contributed by atoms with Crippen LogP contribution in [0.4, 0.5) is 0 Å². The molecule has 0 amide bonds. The van der Waals surface area contributed by atoms with Gasteiger partial charge in [0.2, 0.25) is 0 Å². The van der Waals surface area contributed by atoms with Gasteiger partial charge in [0, 0.05) is 12.7 Å². The molecule has 2 rings (SSSR count). The van der Waals surface area contributed by atoms with E-state index in [-0.39, 0.29) is 6.04 Å². The van der Waals surface area contributed by atoms with Gasteiger partial charge in [0.1, 0.15) is 0 Å². The molecule has 1 atom stereocenters. The van der Waals surface area contributed by atoms with E-state index in [0.717, 1.165) is 11.3 Å². The number of hydrogen-bond acceptors (Lipinski definition) is 2. The third-order valence-corrected chi connectivity index (χ3v) is 3.16. The normalized spacial score (nSPS) is 22.9. The van der Waals surface area contributed by atoms with Crippen LogP contribution in [0.1, 0.15) is 6.92 Å². The van der Waals surface area contributed by atoms with Crippen LogP contribution in [-0.2, 0) is 0 Å². The highest BCUT2D eigenvalue weighted by molar-refractivity contribution is 5.53. The summed E-state index contributed by atoms with van der Waals surface area (Å²) in [6.45, 7) is 9.74. The molecule has 2 aliphatic rings. The maximum atomic E-state index is 5.80. The first-order chi connectivity index (χ1) is 8.02. The number of fused-ring (bicyclic) bond motifs is 1. The molecule has 1 heterocycles. The lowest BCUT2D eigenvalue weighted by Gasteiger charge is -2.23. The maximum Gasteiger partial charge on any atom is 0.0730 e. The molecule has 2 nitrogen and oxygen atoms in total. The predicted molar refractivity (Wildman–Crippen MR) is 73.1 cm³/mol. The summed E-state index contributed by atoms with van der Waals surface area (Å²) in [7, 11) is 2.04. The Hall–Kier alpha value is -1.96. The van der Waals surface area contributed by atoms with Crippen LogP contribution in [0.2, 0.25) is 0 Å². The van der Waals surface area contributed by atoms with E-state index in [4.69, 9.17) is 5.73 Å². The molecule has 0 bridgehead atoms. The minimum atomic E-state index is 0.249. The van der Waals surface area contributed by atoms with Gasteiger partial charge in [0.25, 0.3) is 0 Å². The highest BCUT2D eigenvalue weighted by Gasteiger charge is 2.27. The number of nitrogens with two attached hydrogens (primary N) is 1. The predicted octanol–water partition coefficient (Wildman–Crippen LogP) is 2.66. The van der Waals surface area contributed by atoms with Gasteiger partial charge in [-0.1, -0.05) is 37.0 Å². The third-order valence-electron chi connectivity index (χ3n) is 3.16. The number of nitrogens with zero attached hydrogens (tertiary/aromatic N) is 1. The first-order valence-corrected chi connectivity index (χ1v) is 5.66. The molecule has 0 aromatic carbocycles. The fourth-order valence-electron chi connectivity index (χ4n) is 2.28. The van der Waals surface area contributed by atoms with Crippen molar-refractivity contribution in [2.75, 3.05) is 7.05 Å². The second-order valence-electron chi connectivity index (χ2n) is 4.51. The van der Waals surface area contributed by atoms with Crippen molar-refractivity contribution >= 4 is 0 Å². The van der Waals surface area contributed by atoms with E-state index in [0.29, 0.717) is 5.70 Å². The van der Waals surface area contributed by atoms with Crippen molar-refractivity contribution in [2.45, 2.75) is 13.0 Å². The van der Waals surface area contributed by atoms with Crippen LogP contribution in [0, 0.1) is 0 Å². The van der Waals surface area contributed by atoms with Gasteiger partial charge in [-0.2, -0.15) is 0 Å². The van der Waals surface area contributed by atoms with E-state index in [1.165, 1.54) is 11.1 Å². The van der Waals surface area contributed by atoms with Crippen molar-refractivity contribution in [3.8, 4) is 0 Å². The Morgan fingerprint density at radius 2 is 2.12 bits per heavy atom. The van der Waals surface area contributed by atoms with E-state index < -0.39 is 0 Å². The summed E-state index contributed by atoms with van der Waals surface area (Å²) in [6, 6.07) is 0.249. The second kappa shape index (κ2) is 4.13. The van der Waals surface area contributed by atoms with Gasteiger partial charge < -0.3 is 10.6 Å². The van der Waals surface area contributed by atoms with Crippen LogP contribution >= 0.6 is 0 Å². The lowest BCUT2D eigenvalue weighted by Crippen LogP contribution is -2.27. The molecular formula is C15H18N2. The molecule has 88 valence electrons. The van der Waals surface area contributed by atoms with Crippen LogP contribution < -0.4 is 5.73 Å². The molecule has 0 saturated heterocycles. The van der Waals surface area contributed by atoms with Crippen LogP contribution in [0.3, 0.4) is 0 Å². The third kappa shape index (κ3) is 1.98. The monoisotopic (exact) mass is 226 g/mol. The number of rotatable bonds is 2. The lowest BCUT2D eigenvalue weighted by atomic mass is 10.1. The summed E-state index contributed by atoms with van der Waals surface area (Å²) < 4.78 is 0. The molecule has 1 unspecified atom stereocenters. The number of likely N-dealkylation sites (N-methyl/N-ethyl adjacent to an activating group) is 1. The standard InChI is InChI=1S/C15H18N2/c1-5-12-6-10(2)7-15-13(8-12)9-14(11(3)16)17(15)4/h5-9,15H,1,3,16H2,2,4H3. The van der Waals surface area contributed by atoms with Gasteiger partial charge >= 0.3 is 0 Å². The highest BCUT2D eigenvalue weighted by Crippen LogP contribution is 2.32. The quantitative estimate of drug-likeness (QED) is 0.784. The van der Waals surface area contributed by atoms with E-state index in [1.54, 1.807) is 0 Å². The van der Waals surface area contributed by atoms with Gasteiger partial charge in [-0.05, 0) is 30.2 Å². The average Bonchev–Trinajstić information content (AvgIpc) is 2.47. The molecule has 17 heavy (non-hydrogen) atoms. The number of hydrogen-bond donors (Lipinski definition) is 1. The zero-order valence-corrected chi connectivity index (χ0v) is 10.4. The van der Waals surface area contributed by atoms with Crippen molar-refractivity contribution in [3.63, 3.8) is 0 Å². The van der Waals surface area contributed by atoms with E-state index in [1.807, 2.05) is 13.1 Å². The summed E-state index contributed by atoms with van der Waals surface area (Å²) in [4.78, 5) is 2.15. The zero-order valence-electron chi connectivity index (χ0n) is 10.4. The molecule has 2 N–H and O–H groups in total. The van der Waals surface area contributed by atoms with Crippen LogP contribution in [0.25, 0.3) is 0 Å². The Morgan fingerprint density at radius 1 is 1.41 bits per heavy atom. The maximum absolute atomic E-state index is 5.80. The minimum Gasteiger partial charge on any atom is -0.398 e. The lowest BCUT2D eigenvalue weighted by molar-refractivity contribution is 0.420. The van der Waals surface area contributed by atoms with Crippen LogP contribution in [-0.4, -0.2) is 18.0 Å². The van der Waals surface area contributed by atoms with Gasteiger partial charge in [0.05, 0.1) is 11.7 Å². The Balaban J connectivity index is 2.49. The topological polar surface area (TPSA) is 29.3 Å². The second-order valence-corrected chi connectivity index (χ2v) is 4.51. The van der Waals surface area contributed by atoms with Gasteiger partial charge in [0.15, 0.2) is 0 Å². The smallest absolute Gasteiger partial charge is 0.0730 e. The molecule has 0 spiro atoms. The zero-order chi connectivity index (χ0) is 12.6. The minimum absolute atomic E-state index is 0.249. The Morgan fingerprint density at radius 3 is 2.71 bits per heavy atom. The summed E-state index contributed by atoms with van der Waals surface area (Å²) in [5.41, 5.74) is 11.0. The Bertz CT molecular complexity index is 501. The van der Waals surface area contributed by atoms with Crippen molar-refractivity contribution in [1.29, 1.82) is 0 Å². The molecule has 0 fully saturated rings. The largest absolute Gasteiger partial charge is 0.398 e. The van der Waals surface area contributed by atoms with Crippen molar-refractivity contribution in [3.05, 3.63) is 71.7 Å². The Labute approximate surface area is 103 Å². The molecular weight excluding hydrogens is 208 g/mol. The van der Waals surface area contributed by atoms with E-state index in [2.05, 4.69) is 49.3 Å². The fraction of sp³-hybridized carbons (Fsp3) is 0.200. The first-order valence-electron chi connectivity index (χ1n) is 5.66. The van der Waals surface area contributed by atoms with Crippen LogP contribution in [0.15, 0.2) is 71.7 Å². The first kappa shape index (κ1) is 11.5. The van der Waals surface area contributed by atoms with Crippen molar-refractivity contribution in [2.24, 2.45) is 5.73 Å². The van der Waals surface area contributed by atoms with Crippen molar-refractivity contribution < 1.29 is 0 Å². The summed E-state index contributed by atoms with van der Waals surface area (Å²) in [6.07, 6.45) is 10.5. The SMILES string of the molecule is C=CC1=CC(C)=CC2C(=C1)C=C(C(=C)N)N2C. The van der Waals surface area contributed by atoms with E-state index in [9.17, 15) is 0 Å². The molecule has 0 aromatic heterocycles. The molecule has 0 aromatic rings. The molecule has 1 aliphatic heterocycles. The molecule has 1 aliphatic carbocycles. The molecule has 2 heteroatoms. The molecule has 0 saturated carbocycles. The van der Waals surface area contributed by atoms with Gasteiger partial charge in [-0.25, -0.2) is 0 Å². The summed E-state index contributed by atoms with van der Waals surface area (Å²) in [5, 5.41) is 0.